The van der Waals surface area contributed by atoms with Crippen LogP contribution in [0.1, 0.15) is 30.7 Å². The monoisotopic (exact) mass is 262 g/mol. The lowest BCUT2D eigenvalue weighted by Gasteiger charge is -2.22. The molecule has 4 heteroatoms. The third-order valence-electron chi connectivity index (χ3n) is 3.26. The Morgan fingerprint density at radius 1 is 1.32 bits per heavy atom. The fourth-order valence-electron chi connectivity index (χ4n) is 2.33. The average molecular weight is 262 g/mol. The first-order valence-corrected chi connectivity index (χ1v) is 6.13. The Bertz CT molecular complexity index is 517. The zero-order valence-corrected chi connectivity index (χ0v) is 10.7. The van der Waals surface area contributed by atoms with Crippen molar-refractivity contribution in [3.05, 3.63) is 47.3 Å². The lowest BCUT2D eigenvalue weighted by molar-refractivity contribution is -0.139. The van der Waals surface area contributed by atoms with Crippen LogP contribution in [0.3, 0.4) is 0 Å². The Morgan fingerprint density at radius 3 is 2.63 bits per heavy atom. The molecule has 0 fully saturated rings. The standard InChI is InChI=1S/C15H15FO3/c1-19-15(18)8-10-6-12(9-14(17)7-10)11-2-4-13(16)5-3-11/h2-5,7,12H,6,8-9H2,1H3. The van der Waals surface area contributed by atoms with Crippen LogP contribution in [0.2, 0.25) is 0 Å². The quantitative estimate of drug-likeness (QED) is 0.787. The summed E-state index contributed by atoms with van der Waals surface area (Å²) < 4.78 is 17.5. The van der Waals surface area contributed by atoms with Crippen LogP contribution in [-0.2, 0) is 14.3 Å². The Balaban J connectivity index is 2.13. The normalized spacial score (nSPS) is 18.9. The maximum atomic E-state index is 12.9. The van der Waals surface area contributed by atoms with E-state index in [1.165, 1.54) is 25.3 Å². The van der Waals surface area contributed by atoms with Crippen LogP contribution in [0.25, 0.3) is 0 Å². The van der Waals surface area contributed by atoms with Gasteiger partial charge in [0, 0.05) is 6.42 Å². The molecule has 0 saturated heterocycles. The van der Waals surface area contributed by atoms with Crippen molar-refractivity contribution in [3.63, 3.8) is 0 Å². The van der Waals surface area contributed by atoms with Gasteiger partial charge in [0.25, 0.3) is 0 Å². The van der Waals surface area contributed by atoms with Crippen LogP contribution in [-0.4, -0.2) is 18.9 Å². The van der Waals surface area contributed by atoms with Crippen molar-refractivity contribution in [2.75, 3.05) is 7.11 Å². The highest BCUT2D eigenvalue weighted by molar-refractivity contribution is 5.93. The lowest BCUT2D eigenvalue weighted by atomic mass is 9.82. The summed E-state index contributed by atoms with van der Waals surface area (Å²) in [6.07, 6.45) is 2.69. The number of esters is 1. The summed E-state index contributed by atoms with van der Waals surface area (Å²) in [7, 11) is 1.32. The number of hydrogen-bond acceptors (Lipinski definition) is 3. The molecular formula is C15H15FO3. The number of ether oxygens (including phenoxy) is 1. The summed E-state index contributed by atoms with van der Waals surface area (Å²) in [6, 6.07) is 6.15. The van der Waals surface area contributed by atoms with Crippen molar-refractivity contribution in [2.24, 2.45) is 0 Å². The fourth-order valence-corrected chi connectivity index (χ4v) is 2.33. The van der Waals surface area contributed by atoms with E-state index in [0.29, 0.717) is 12.8 Å². The second kappa shape index (κ2) is 5.78. The van der Waals surface area contributed by atoms with Crippen LogP contribution in [0.15, 0.2) is 35.9 Å². The molecule has 2 rings (SSSR count). The van der Waals surface area contributed by atoms with E-state index >= 15 is 0 Å². The SMILES string of the molecule is COC(=O)CC1=CC(=O)CC(c2ccc(F)cc2)C1. The molecule has 1 aliphatic carbocycles. The van der Waals surface area contributed by atoms with Gasteiger partial charge in [-0.1, -0.05) is 17.7 Å². The highest BCUT2D eigenvalue weighted by atomic mass is 19.1. The fraction of sp³-hybridized carbons (Fsp3) is 0.333. The molecule has 1 aromatic carbocycles. The minimum atomic E-state index is -0.348. The summed E-state index contributed by atoms with van der Waals surface area (Å²) in [5, 5.41) is 0. The lowest BCUT2D eigenvalue weighted by Crippen LogP contribution is -2.15. The van der Waals surface area contributed by atoms with E-state index in [0.717, 1.165) is 11.1 Å². The van der Waals surface area contributed by atoms with Crippen molar-refractivity contribution in [2.45, 2.75) is 25.2 Å². The highest BCUT2D eigenvalue weighted by Gasteiger charge is 2.23. The molecule has 1 atom stereocenters. The highest BCUT2D eigenvalue weighted by Crippen LogP contribution is 2.32. The van der Waals surface area contributed by atoms with Gasteiger partial charge in [0.2, 0.25) is 0 Å². The van der Waals surface area contributed by atoms with Crippen LogP contribution in [0, 0.1) is 5.82 Å². The molecule has 0 N–H and O–H groups in total. The molecule has 0 amide bonds. The van der Waals surface area contributed by atoms with E-state index in [9.17, 15) is 14.0 Å². The largest absolute Gasteiger partial charge is 0.469 e. The van der Waals surface area contributed by atoms with Gasteiger partial charge in [-0.15, -0.1) is 0 Å². The second-order valence-corrected chi connectivity index (χ2v) is 4.68. The van der Waals surface area contributed by atoms with Gasteiger partial charge < -0.3 is 4.74 Å². The molecule has 0 bridgehead atoms. The number of carbonyl (C=O) groups is 2. The summed E-state index contributed by atoms with van der Waals surface area (Å²) in [4.78, 5) is 22.9. The van der Waals surface area contributed by atoms with Gasteiger partial charge in [0.15, 0.2) is 5.78 Å². The van der Waals surface area contributed by atoms with Crippen LogP contribution >= 0.6 is 0 Å². The molecular weight excluding hydrogens is 247 g/mol. The molecule has 3 nitrogen and oxygen atoms in total. The molecule has 19 heavy (non-hydrogen) atoms. The third-order valence-corrected chi connectivity index (χ3v) is 3.26. The number of hydrogen-bond donors (Lipinski definition) is 0. The van der Waals surface area contributed by atoms with Crippen LogP contribution < -0.4 is 0 Å². The molecule has 0 spiro atoms. The van der Waals surface area contributed by atoms with Crippen molar-refractivity contribution >= 4 is 11.8 Å². The molecule has 1 aromatic rings. The molecule has 0 aliphatic heterocycles. The summed E-state index contributed by atoms with van der Waals surface area (Å²) in [6.45, 7) is 0. The molecule has 1 aliphatic rings. The van der Waals surface area contributed by atoms with E-state index < -0.39 is 0 Å². The van der Waals surface area contributed by atoms with E-state index in [2.05, 4.69) is 4.74 Å². The van der Waals surface area contributed by atoms with Crippen molar-refractivity contribution in [3.8, 4) is 0 Å². The van der Waals surface area contributed by atoms with Crippen LogP contribution in [0.5, 0.6) is 0 Å². The van der Waals surface area contributed by atoms with Gasteiger partial charge in [0.05, 0.1) is 13.5 Å². The van der Waals surface area contributed by atoms with Gasteiger partial charge in [-0.3, -0.25) is 9.59 Å². The van der Waals surface area contributed by atoms with Crippen LogP contribution in [0.4, 0.5) is 4.39 Å². The summed E-state index contributed by atoms with van der Waals surface area (Å²) >= 11 is 0. The van der Waals surface area contributed by atoms with Gasteiger partial charge in [0.1, 0.15) is 5.82 Å². The van der Waals surface area contributed by atoms with E-state index in [-0.39, 0.29) is 29.9 Å². The van der Waals surface area contributed by atoms with Gasteiger partial charge in [-0.05, 0) is 36.1 Å². The number of ketones is 1. The molecule has 0 radical (unpaired) electrons. The number of benzene rings is 1. The maximum absolute atomic E-state index is 12.9. The number of carbonyl (C=O) groups excluding carboxylic acids is 2. The Hall–Kier alpha value is -1.97. The zero-order valence-electron chi connectivity index (χ0n) is 10.7. The van der Waals surface area contributed by atoms with E-state index in [1.54, 1.807) is 12.1 Å². The molecule has 100 valence electrons. The topological polar surface area (TPSA) is 43.4 Å². The molecule has 0 heterocycles. The second-order valence-electron chi connectivity index (χ2n) is 4.68. The predicted octanol–water partition coefficient (Wildman–Crippen LogP) is 2.76. The number of rotatable bonds is 3. The maximum Gasteiger partial charge on any atom is 0.309 e. The predicted molar refractivity (Wildman–Crippen MR) is 68.1 cm³/mol. The Labute approximate surface area is 111 Å². The number of halogens is 1. The van der Waals surface area contributed by atoms with Gasteiger partial charge in [-0.25, -0.2) is 4.39 Å². The molecule has 0 aromatic heterocycles. The van der Waals surface area contributed by atoms with Crippen molar-refractivity contribution in [1.82, 2.24) is 0 Å². The van der Waals surface area contributed by atoms with Gasteiger partial charge >= 0.3 is 5.97 Å². The average Bonchev–Trinajstić information content (AvgIpc) is 2.38. The van der Waals surface area contributed by atoms with E-state index in [1.807, 2.05) is 0 Å². The van der Waals surface area contributed by atoms with Crippen molar-refractivity contribution in [1.29, 1.82) is 0 Å². The first kappa shape index (κ1) is 13.5. The Morgan fingerprint density at radius 2 is 2.00 bits per heavy atom. The summed E-state index contributed by atoms with van der Waals surface area (Å²) in [5.74, 6) is -0.632. The number of allylic oxidation sites excluding steroid dienone is 1. The Kier molecular flexibility index (Phi) is 4.10. The summed E-state index contributed by atoms with van der Waals surface area (Å²) in [5.41, 5.74) is 1.70. The smallest absolute Gasteiger partial charge is 0.309 e. The molecule has 1 unspecified atom stereocenters. The first-order valence-electron chi connectivity index (χ1n) is 6.13. The molecule has 0 saturated carbocycles. The van der Waals surface area contributed by atoms with Crippen molar-refractivity contribution < 1.29 is 18.7 Å². The zero-order chi connectivity index (χ0) is 13.8. The minimum absolute atomic E-state index is 0.000483. The third kappa shape index (κ3) is 3.50. The first-order chi connectivity index (χ1) is 9.08. The van der Waals surface area contributed by atoms with E-state index in [4.69, 9.17) is 0 Å². The van der Waals surface area contributed by atoms with Gasteiger partial charge in [-0.2, -0.15) is 0 Å². The minimum Gasteiger partial charge on any atom is -0.469 e. The number of methoxy groups -OCH3 is 1.